The monoisotopic (exact) mass is 414 g/mol. The Kier molecular flexibility index (Phi) is 4.93. The lowest BCUT2D eigenvalue weighted by Crippen LogP contribution is -2.21. The average molecular weight is 414 g/mol. The number of aromatic nitrogens is 6. The smallest absolute Gasteiger partial charge is 0.203 e. The molecule has 0 amide bonds. The van der Waals surface area contributed by atoms with Crippen molar-refractivity contribution < 1.29 is 4.74 Å². The third kappa shape index (κ3) is 3.78. The van der Waals surface area contributed by atoms with Gasteiger partial charge in [0.15, 0.2) is 5.82 Å². The van der Waals surface area contributed by atoms with E-state index in [1.807, 2.05) is 41.9 Å². The zero-order chi connectivity index (χ0) is 21.2. The maximum atomic E-state index is 5.15. The van der Waals surface area contributed by atoms with Crippen LogP contribution in [0.2, 0.25) is 0 Å². The van der Waals surface area contributed by atoms with Crippen LogP contribution < -0.4 is 10.2 Å². The molecule has 3 heterocycles. The van der Waals surface area contributed by atoms with Crippen molar-refractivity contribution in [2.45, 2.75) is 0 Å². The van der Waals surface area contributed by atoms with Gasteiger partial charge in [-0.05, 0) is 36.4 Å². The van der Waals surface area contributed by atoms with Gasteiger partial charge in [-0.15, -0.1) is 10.2 Å². The number of benzene rings is 2. The highest BCUT2D eigenvalue weighted by molar-refractivity contribution is 5.84. The van der Waals surface area contributed by atoms with Gasteiger partial charge in [-0.1, -0.05) is 6.07 Å². The molecule has 9 heteroatoms. The number of methoxy groups -OCH3 is 1. The molecule has 5 aromatic rings. The Morgan fingerprint density at radius 2 is 2.03 bits per heavy atom. The Balaban J connectivity index is 1.46. The van der Waals surface area contributed by atoms with E-state index in [-0.39, 0.29) is 0 Å². The summed E-state index contributed by atoms with van der Waals surface area (Å²) in [4.78, 5) is 6.98. The molecule has 0 radical (unpaired) electrons. The number of rotatable bonds is 7. The van der Waals surface area contributed by atoms with Crippen molar-refractivity contribution in [1.82, 2.24) is 29.8 Å². The van der Waals surface area contributed by atoms with Crippen LogP contribution in [0, 0.1) is 0 Å². The molecule has 0 bridgehead atoms. The molecule has 2 aromatic carbocycles. The van der Waals surface area contributed by atoms with Crippen molar-refractivity contribution in [2.75, 3.05) is 37.5 Å². The van der Waals surface area contributed by atoms with E-state index in [0.717, 1.165) is 40.1 Å². The summed E-state index contributed by atoms with van der Waals surface area (Å²) in [5.74, 6) is 0.641. The van der Waals surface area contributed by atoms with Crippen molar-refractivity contribution in [3.8, 4) is 11.3 Å². The summed E-state index contributed by atoms with van der Waals surface area (Å²) in [7, 11) is 3.75. The molecule has 0 saturated carbocycles. The van der Waals surface area contributed by atoms with Crippen LogP contribution in [0.3, 0.4) is 0 Å². The van der Waals surface area contributed by atoms with Crippen LogP contribution in [-0.4, -0.2) is 57.1 Å². The molecule has 0 aliphatic heterocycles. The zero-order valence-electron chi connectivity index (χ0n) is 17.3. The van der Waals surface area contributed by atoms with E-state index < -0.39 is 0 Å². The number of ether oxygens (including phenoxy) is 1. The van der Waals surface area contributed by atoms with Gasteiger partial charge in [0.1, 0.15) is 6.33 Å². The van der Waals surface area contributed by atoms with E-state index in [1.165, 1.54) is 0 Å². The lowest BCUT2D eigenvalue weighted by atomic mass is 10.1. The van der Waals surface area contributed by atoms with E-state index in [4.69, 9.17) is 9.72 Å². The number of nitrogens with one attached hydrogen (secondary N) is 2. The molecule has 156 valence electrons. The lowest BCUT2D eigenvalue weighted by molar-refractivity contribution is 0.206. The number of fused-ring (bicyclic) bond motifs is 2. The summed E-state index contributed by atoms with van der Waals surface area (Å²) in [6.07, 6.45) is 5.41. The van der Waals surface area contributed by atoms with Gasteiger partial charge in [0.25, 0.3) is 0 Å². The number of likely N-dealkylation sites (N-methyl/N-ethyl adjacent to an activating group) is 1. The van der Waals surface area contributed by atoms with E-state index >= 15 is 0 Å². The highest BCUT2D eigenvalue weighted by Gasteiger charge is 2.11. The third-order valence-electron chi connectivity index (χ3n) is 5.22. The van der Waals surface area contributed by atoms with Crippen LogP contribution in [0.1, 0.15) is 0 Å². The van der Waals surface area contributed by atoms with Crippen LogP contribution in [-0.2, 0) is 4.74 Å². The number of H-pyrrole nitrogens is 1. The number of hydrogen-bond donors (Lipinski definition) is 2. The van der Waals surface area contributed by atoms with Gasteiger partial charge in [0, 0.05) is 49.2 Å². The molecule has 0 aliphatic carbocycles. The van der Waals surface area contributed by atoms with Crippen molar-refractivity contribution in [1.29, 1.82) is 0 Å². The van der Waals surface area contributed by atoms with Crippen molar-refractivity contribution in [2.24, 2.45) is 0 Å². The summed E-state index contributed by atoms with van der Waals surface area (Å²) in [6, 6.07) is 14.3. The molecule has 2 N–H and O–H groups in total. The van der Waals surface area contributed by atoms with Gasteiger partial charge >= 0.3 is 0 Å². The average Bonchev–Trinajstić information content (AvgIpc) is 3.46. The minimum atomic E-state index is 0.641. The Labute approximate surface area is 178 Å². The Hall–Kier alpha value is -3.98. The Morgan fingerprint density at radius 1 is 1.16 bits per heavy atom. The molecule has 5 rings (SSSR count). The van der Waals surface area contributed by atoms with Crippen LogP contribution in [0.4, 0.5) is 17.2 Å². The summed E-state index contributed by atoms with van der Waals surface area (Å²) >= 11 is 0. The predicted molar refractivity (Wildman–Crippen MR) is 121 cm³/mol. The molecular formula is C22H22N8O. The van der Waals surface area contributed by atoms with Crippen LogP contribution in [0.15, 0.2) is 61.2 Å². The first-order valence-electron chi connectivity index (χ1n) is 9.92. The Morgan fingerprint density at radius 3 is 2.87 bits per heavy atom. The zero-order valence-corrected chi connectivity index (χ0v) is 17.3. The summed E-state index contributed by atoms with van der Waals surface area (Å²) in [5, 5.41) is 19.8. The minimum Gasteiger partial charge on any atom is -0.383 e. The molecule has 0 atom stereocenters. The quantitative estimate of drug-likeness (QED) is 0.421. The molecule has 31 heavy (non-hydrogen) atoms. The van der Waals surface area contributed by atoms with Gasteiger partial charge in [-0.2, -0.15) is 5.10 Å². The molecule has 3 aromatic heterocycles. The Bertz CT molecular complexity index is 1320. The van der Waals surface area contributed by atoms with Crippen molar-refractivity contribution >= 4 is 33.7 Å². The molecule has 9 nitrogen and oxygen atoms in total. The van der Waals surface area contributed by atoms with Crippen LogP contribution in [0.25, 0.3) is 27.8 Å². The molecule has 0 aliphatic rings. The fraction of sp³-hybridized carbons (Fsp3) is 0.182. The molecule has 0 fully saturated rings. The van der Waals surface area contributed by atoms with Crippen molar-refractivity contribution in [3.05, 3.63) is 61.2 Å². The molecule has 0 saturated heterocycles. The van der Waals surface area contributed by atoms with Gasteiger partial charge in [0.05, 0.1) is 24.0 Å². The largest absolute Gasteiger partial charge is 0.383 e. The second kappa shape index (κ2) is 8.04. The van der Waals surface area contributed by atoms with E-state index in [2.05, 4.69) is 48.8 Å². The molecule has 0 unspecified atom stereocenters. The van der Waals surface area contributed by atoms with Crippen LogP contribution in [0.5, 0.6) is 0 Å². The summed E-state index contributed by atoms with van der Waals surface area (Å²) in [6.45, 7) is 1.51. The maximum absolute atomic E-state index is 5.15. The topological polar surface area (TPSA) is 96.3 Å². The lowest BCUT2D eigenvalue weighted by Gasteiger charge is -2.19. The third-order valence-corrected chi connectivity index (χ3v) is 5.22. The first-order valence-corrected chi connectivity index (χ1v) is 9.92. The highest BCUT2D eigenvalue weighted by Crippen LogP contribution is 2.27. The summed E-state index contributed by atoms with van der Waals surface area (Å²) < 4.78 is 7.03. The molecule has 0 spiro atoms. The fourth-order valence-corrected chi connectivity index (χ4v) is 3.46. The maximum Gasteiger partial charge on any atom is 0.203 e. The van der Waals surface area contributed by atoms with Gasteiger partial charge in [0.2, 0.25) is 5.65 Å². The number of anilines is 3. The van der Waals surface area contributed by atoms with Crippen LogP contribution >= 0.6 is 0 Å². The normalized spacial score (nSPS) is 11.3. The van der Waals surface area contributed by atoms with E-state index in [0.29, 0.717) is 18.1 Å². The standard InChI is InChI=1S/C22H22N8O/c1-29(9-10-31-2)18-6-4-17(5-7-18)25-21-22-28-24-14-30(22)13-20(26-21)15-3-8-19-16(11-15)12-23-27-19/h3-8,11-14H,9-10H2,1-2H3,(H,23,27)(H,25,26). The highest BCUT2D eigenvalue weighted by atomic mass is 16.5. The first-order chi connectivity index (χ1) is 15.2. The second-order valence-corrected chi connectivity index (χ2v) is 7.29. The number of nitrogens with zero attached hydrogens (tertiary/aromatic N) is 6. The SMILES string of the molecule is COCCN(C)c1ccc(Nc2nc(-c3ccc4[nH]ncc4c3)cn3cnnc23)cc1. The second-order valence-electron chi connectivity index (χ2n) is 7.29. The van der Waals surface area contributed by atoms with Gasteiger partial charge < -0.3 is 15.0 Å². The predicted octanol–water partition coefficient (Wildman–Crippen LogP) is 3.49. The number of hydrogen-bond acceptors (Lipinski definition) is 7. The first kappa shape index (κ1) is 19.0. The fourth-order valence-electron chi connectivity index (χ4n) is 3.46. The van der Waals surface area contributed by atoms with Gasteiger partial charge in [-0.25, -0.2) is 4.98 Å². The van der Waals surface area contributed by atoms with Gasteiger partial charge in [-0.3, -0.25) is 9.50 Å². The number of aromatic amines is 1. The van der Waals surface area contributed by atoms with E-state index in [9.17, 15) is 0 Å². The van der Waals surface area contributed by atoms with Crippen molar-refractivity contribution in [3.63, 3.8) is 0 Å². The molecular weight excluding hydrogens is 392 g/mol. The van der Waals surface area contributed by atoms with E-state index in [1.54, 1.807) is 19.6 Å². The summed E-state index contributed by atoms with van der Waals surface area (Å²) in [5.41, 5.74) is 5.49. The minimum absolute atomic E-state index is 0.641.